The Bertz CT molecular complexity index is 358. The zero-order valence-corrected chi connectivity index (χ0v) is 11.2. The Morgan fingerprint density at radius 1 is 1.24 bits per heavy atom. The predicted molar refractivity (Wildman–Crippen MR) is 65.7 cm³/mol. The fraction of sp³-hybridized carbons (Fsp3) is 1.00. The van der Waals surface area contributed by atoms with Crippen molar-refractivity contribution in [2.75, 3.05) is 26.2 Å². The van der Waals surface area contributed by atoms with Crippen molar-refractivity contribution in [2.45, 2.75) is 38.6 Å². The summed E-state index contributed by atoms with van der Waals surface area (Å²) >= 11 is 0. The smallest absolute Gasteiger partial charge is 0.282 e. The van der Waals surface area contributed by atoms with Crippen LogP contribution in [0.4, 0.5) is 0 Å². The monoisotopic (exact) mass is 262 g/mol. The topological polar surface area (TPSA) is 60.9 Å². The molecule has 0 aromatic carbocycles. The summed E-state index contributed by atoms with van der Waals surface area (Å²) < 4.78 is 28.0. The number of hydrogen-bond donors (Lipinski definition) is 1. The van der Waals surface area contributed by atoms with Crippen LogP contribution in [-0.2, 0) is 10.2 Å². The van der Waals surface area contributed by atoms with E-state index in [-0.39, 0.29) is 12.6 Å². The van der Waals surface area contributed by atoms with Gasteiger partial charge in [-0.3, -0.25) is 0 Å². The molecule has 0 aliphatic carbocycles. The Balaban J connectivity index is 2.13. The quantitative estimate of drug-likeness (QED) is 0.802. The van der Waals surface area contributed by atoms with Gasteiger partial charge in [0.2, 0.25) is 0 Å². The van der Waals surface area contributed by atoms with Crippen LogP contribution in [0.15, 0.2) is 0 Å². The van der Waals surface area contributed by atoms with Crippen molar-refractivity contribution in [3.05, 3.63) is 0 Å². The van der Waals surface area contributed by atoms with E-state index in [1.807, 2.05) is 0 Å². The van der Waals surface area contributed by atoms with Gasteiger partial charge in [-0.25, -0.2) is 0 Å². The van der Waals surface area contributed by atoms with E-state index in [4.69, 9.17) is 0 Å². The van der Waals surface area contributed by atoms with Gasteiger partial charge in [0.15, 0.2) is 0 Å². The average molecular weight is 262 g/mol. The van der Waals surface area contributed by atoms with Crippen LogP contribution in [0, 0.1) is 5.92 Å². The molecule has 2 aliphatic heterocycles. The molecule has 100 valence electrons. The first-order valence-corrected chi connectivity index (χ1v) is 7.83. The first kappa shape index (κ1) is 13.3. The van der Waals surface area contributed by atoms with Crippen molar-refractivity contribution in [3.8, 4) is 0 Å². The van der Waals surface area contributed by atoms with Crippen LogP contribution < -0.4 is 0 Å². The van der Waals surface area contributed by atoms with Crippen molar-refractivity contribution in [3.63, 3.8) is 0 Å². The molecule has 0 radical (unpaired) electrons. The minimum atomic E-state index is -3.35. The van der Waals surface area contributed by atoms with Crippen LogP contribution in [0.2, 0.25) is 0 Å². The molecule has 6 heteroatoms. The number of nitrogens with zero attached hydrogens (tertiary/aromatic N) is 2. The maximum Gasteiger partial charge on any atom is 0.282 e. The number of rotatable bonds is 3. The van der Waals surface area contributed by atoms with Crippen molar-refractivity contribution < 1.29 is 13.5 Å². The molecule has 1 N–H and O–H groups in total. The molecule has 2 aliphatic rings. The Morgan fingerprint density at radius 2 is 2.00 bits per heavy atom. The molecular weight excluding hydrogens is 240 g/mol. The average Bonchev–Trinajstić information content (AvgIpc) is 2.76. The summed E-state index contributed by atoms with van der Waals surface area (Å²) in [7, 11) is -3.35. The van der Waals surface area contributed by atoms with E-state index in [0.29, 0.717) is 25.6 Å². The molecule has 0 spiro atoms. The largest absolute Gasteiger partial charge is 0.395 e. The first-order chi connectivity index (χ1) is 8.05. The summed E-state index contributed by atoms with van der Waals surface area (Å²) in [5.74, 6) is 0.446. The number of aliphatic hydroxyl groups excluding tert-OH is 1. The second-order valence-corrected chi connectivity index (χ2v) is 7.08. The lowest BCUT2D eigenvalue weighted by molar-refractivity contribution is 0.149. The van der Waals surface area contributed by atoms with E-state index in [1.54, 1.807) is 4.31 Å². The van der Waals surface area contributed by atoms with Crippen LogP contribution in [0.5, 0.6) is 0 Å². The fourth-order valence-corrected chi connectivity index (χ4v) is 4.70. The molecule has 0 amide bonds. The third kappa shape index (κ3) is 2.65. The number of hydrogen-bond acceptors (Lipinski definition) is 3. The second-order valence-electron chi connectivity index (χ2n) is 5.20. The van der Waals surface area contributed by atoms with Crippen LogP contribution in [0.1, 0.15) is 32.6 Å². The summed E-state index contributed by atoms with van der Waals surface area (Å²) in [6.07, 6.45) is 3.63. The van der Waals surface area contributed by atoms with Crippen LogP contribution in [-0.4, -0.2) is 54.4 Å². The van der Waals surface area contributed by atoms with E-state index in [1.165, 1.54) is 4.31 Å². The van der Waals surface area contributed by atoms with E-state index >= 15 is 0 Å². The normalized spacial score (nSPS) is 33.1. The highest BCUT2D eigenvalue weighted by Crippen LogP contribution is 2.26. The van der Waals surface area contributed by atoms with Gasteiger partial charge in [-0.2, -0.15) is 17.0 Å². The zero-order chi connectivity index (χ0) is 12.5. The highest BCUT2D eigenvalue weighted by atomic mass is 32.2. The Hall–Kier alpha value is -0.170. The van der Waals surface area contributed by atoms with Crippen LogP contribution >= 0.6 is 0 Å². The molecule has 0 aromatic rings. The van der Waals surface area contributed by atoms with Crippen molar-refractivity contribution in [1.29, 1.82) is 0 Å². The number of aliphatic hydroxyl groups is 1. The van der Waals surface area contributed by atoms with Gasteiger partial charge >= 0.3 is 0 Å². The van der Waals surface area contributed by atoms with Gasteiger partial charge in [0.1, 0.15) is 0 Å². The molecule has 2 fully saturated rings. The molecular formula is C11H22N2O3S. The molecule has 2 saturated heterocycles. The maximum atomic E-state index is 12.4. The SMILES string of the molecule is CC1CCN(S(=O)(=O)N2CCCCC2CO)C1. The Morgan fingerprint density at radius 3 is 2.59 bits per heavy atom. The highest BCUT2D eigenvalue weighted by Gasteiger charge is 2.38. The zero-order valence-electron chi connectivity index (χ0n) is 10.4. The minimum Gasteiger partial charge on any atom is -0.395 e. The summed E-state index contributed by atoms with van der Waals surface area (Å²) in [6, 6.07) is -0.218. The van der Waals surface area contributed by atoms with Gasteiger partial charge in [0, 0.05) is 25.7 Å². The van der Waals surface area contributed by atoms with Gasteiger partial charge in [-0.15, -0.1) is 0 Å². The second kappa shape index (κ2) is 5.22. The van der Waals surface area contributed by atoms with E-state index in [0.717, 1.165) is 25.7 Å². The molecule has 5 nitrogen and oxygen atoms in total. The molecule has 17 heavy (non-hydrogen) atoms. The van der Waals surface area contributed by atoms with Crippen molar-refractivity contribution in [1.82, 2.24) is 8.61 Å². The fourth-order valence-electron chi connectivity index (χ4n) is 2.71. The molecule has 0 saturated carbocycles. The standard InChI is InChI=1S/C11H22N2O3S/c1-10-5-7-12(8-10)17(15,16)13-6-3-2-4-11(13)9-14/h10-11,14H,2-9H2,1H3. The lowest BCUT2D eigenvalue weighted by Gasteiger charge is -2.36. The van der Waals surface area contributed by atoms with E-state index < -0.39 is 10.2 Å². The third-order valence-electron chi connectivity index (χ3n) is 3.79. The van der Waals surface area contributed by atoms with Crippen LogP contribution in [0.25, 0.3) is 0 Å². The Kier molecular flexibility index (Phi) is 4.07. The summed E-state index contributed by atoms with van der Waals surface area (Å²) in [5.41, 5.74) is 0. The summed E-state index contributed by atoms with van der Waals surface area (Å²) in [6.45, 7) is 3.81. The maximum absolute atomic E-state index is 12.4. The lowest BCUT2D eigenvalue weighted by atomic mass is 10.1. The van der Waals surface area contributed by atoms with Gasteiger partial charge < -0.3 is 5.11 Å². The van der Waals surface area contributed by atoms with E-state index in [2.05, 4.69) is 6.92 Å². The van der Waals surface area contributed by atoms with Crippen molar-refractivity contribution >= 4 is 10.2 Å². The molecule has 0 bridgehead atoms. The van der Waals surface area contributed by atoms with Crippen LogP contribution in [0.3, 0.4) is 0 Å². The first-order valence-electron chi connectivity index (χ1n) is 6.43. The molecule has 2 unspecified atom stereocenters. The Labute approximate surface area is 104 Å². The van der Waals surface area contributed by atoms with Gasteiger partial charge in [0.25, 0.3) is 10.2 Å². The van der Waals surface area contributed by atoms with Crippen molar-refractivity contribution in [2.24, 2.45) is 5.92 Å². The summed E-state index contributed by atoms with van der Waals surface area (Å²) in [5, 5.41) is 9.29. The van der Waals surface area contributed by atoms with Gasteiger partial charge in [-0.1, -0.05) is 13.3 Å². The molecule has 2 heterocycles. The predicted octanol–water partition coefficient (Wildman–Crippen LogP) is 0.420. The summed E-state index contributed by atoms with van der Waals surface area (Å²) in [4.78, 5) is 0. The number of piperidine rings is 1. The van der Waals surface area contributed by atoms with Gasteiger partial charge in [0.05, 0.1) is 6.61 Å². The minimum absolute atomic E-state index is 0.0668. The third-order valence-corrected chi connectivity index (χ3v) is 5.85. The lowest BCUT2D eigenvalue weighted by Crippen LogP contribution is -2.51. The molecule has 2 atom stereocenters. The van der Waals surface area contributed by atoms with Gasteiger partial charge in [-0.05, 0) is 25.2 Å². The van der Waals surface area contributed by atoms with E-state index in [9.17, 15) is 13.5 Å². The highest BCUT2D eigenvalue weighted by molar-refractivity contribution is 7.86. The molecule has 2 rings (SSSR count). The molecule has 0 aromatic heterocycles.